The molecule has 2 aromatic rings. The van der Waals surface area contributed by atoms with Gasteiger partial charge < -0.3 is 4.90 Å². The molecule has 1 unspecified atom stereocenters. The molecule has 1 atom stereocenters. The van der Waals surface area contributed by atoms with Gasteiger partial charge >= 0.3 is 0 Å². The van der Waals surface area contributed by atoms with Crippen molar-refractivity contribution in [1.29, 1.82) is 0 Å². The minimum atomic E-state index is 0.165. The molecule has 1 saturated heterocycles. The number of thiophene rings is 1. The van der Waals surface area contributed by atoms with Gasteiger partial charge in [0.15, 0.2) is 0 Å². The number of hydrogen-bond donors (Lipinski definition) is 0. The van der Waals surface area contributed by atoms with Gasteiger partial charge in [0.1, 0.15) is 0 Å². The van der Waals surface area contributed by atoms with Crippen molar-refractivity contribution in [3.8, 4) is 0 Å². The van der Waals surface area contributed by atoms with Crippen molar-refractivity contribution in [2.75, 3.05) is 13.1 Å². The molecule has 1 fully saturated rings. The summed E-state index contributed by atoms with van der Waals surface area (Å²) in [5.41, 5.74) is 2.07. The molecule has 134 valence electrons. The molecule has 4 heteroatoms. The van der Waals surface area contributed by atoms with Gasteiger partial charge in [0, 0.05) is 29.6 Å². The van der Waals surface area contributed by atoms with E-state index in [0.717, 1.165) is 38.0 Å². The van der Waals surface area contributed by atoms with Crippen LogP contribution in [0, 0.1) is 0 Å². The van der Waals surface area contributed by atoms with E-state index in [1.54, 1.807) is 11.3 Å². The lowest BCUT2D eigenvalue weighted by atomic mass is 10.1. The Morgan fingerprint density at radius 3 is 2.64 bits per heavy atom. The Hall–Kier alpha value is -1.65. The highest BCUT2D eigenvalue weighted by atomic mass is 32.1. The second kappa shape index (κ2) is 8.15. The van der Waals surface area contributed by atoms with E-state index in [0.29, 0.717) is 6.04 Å². The Labute approximate surface area is 155 Å². The number of hydrogen-bond acceptors (Lipinski definition) is 3. The zero-order chi connectivity index (χ0) is 17.8. The standard InChI is InChI=1S/C21H28N2OS/c1-4-22(16(2)3)15-17-9-11-18(12-10-17)21(24)23-13-5-7-19(23)20-8-6-14-25-20/h6,8-12,14,16,19H,4-5,7,13,15H2,1-3H3. The average molecular weight is 357 g/mol. The lowest BCUT2D eigenvalue weighted by Crippen LogP contribution is -2.31. The monoisotopic (exact) mass is 356 g/mol. The summed E-state index contributed by atoms with van der Waals surface area (Å²) in [5, 5.41) is 2.10. The van der Waals surface area contributed by atoms with Crippen molar-refractivity contribution < 1.29 is 4.79 Å². The van der Waals surface area contributed by atoms with Gasteiger partial charge in [0.05, 0.1) is 6.04 Å². The summed E-state index contributed by atoms with van der Waals surface area (Å²) >= 11 is 1.75. The zero-order valence-electron chi connectivity index (χ0n) is 15.4. The van der Waals surface area contributed by atoms with Crippen molar-refractivity contribution in [2.45, 2.75) is 52.2 Å². The van der Waals surface area contributed by atoms with E-state index < -0.39 is 0 Å². The van der Waals surface area contributed by atoms with E-state index in [9.17, 15) is 4.79 Å². The van der Waals surface area contributed by atoms with Gasteiger partial charge in [0.25, 0.3) is 5.91 Å². The van der Waals surface area contributed by atoms with E-state index >= 15 is 0 Å². The molecule has 0 N–H and O–H groups in total. The molecule has 2 heterocycles. The number of carbonyl (C=O) groups excluding carboxylic acids is 1. The van der Waals surface area contributed by atoms with Gasteiger partial charge in [-0.25, -0.2) is 0 Å². The zero-order valence-corrected chi connectivity index (χ0v) is 16.3. The molecule has 1 amide bonds. The summed E-state index contributed by atoms with van der Waals surface area (Å²) in [5.74, 6) is 0.165. The van der Waals surface area contributed by atoms with Crippen molar-refractivity contribution in [1.82, 2.24) is 9.80 Å². The highest BCUT2D eigenvalue weighted by molar-refractivity contribution is 7.10. The molecule has 1 aromatic carbocycles. The number of nitrogens with zero attached hydrogens (tertiary/aromatic N) is 2. The summed E-state index contributed by atoms with van der Waals surface area (Å²) < 4.78 is 0. The van der Waals surface area contributed by atoms with Crippen LogP contribution in [0.4, 0.5) is 0 Å². The smallest absolute Gasteiger partial charge is 0.254 e. The third-order valence-corrected chi connectivity index (χ3v) is 6.08. The van der Waals surface area contributed by atoms with Gasteiger partial charge in [-0.1, -0.05) is 25.1 Å². The Balaban J connectivity index is 1.70. The van der Waals surface area contributed by atoms with Crippen LogP contribution in [-0.2, 0) is 6.54 Å². The topological polar surface area (TPSA) is 23.6 Å². The highest BCUT2D eigenvalue weighted by Gasteiger charge is 2.31. The molecule has 0 aliphatic carbocycles. The van der Waals surface area contributed by atoms with Gasteiger partial charge in [-0.3, -0.25) is 9.69 Å². The van der Waals surface area contributed by atoms with Crippen LogP contribution in [0.1, 0.15) is 60.5 Å². The van der Waals surface area contributed by atoms with E-state index in [1.807, 2.05) is 17.0 Å². The van der Waals surface area contributed by atoms with Crippen LogP contribution >= 0.6 is 11.3 Å². The molecule has 1 aliphatic heterocycles. The Morgan fingerprint density at radius 1 is 1.28 bits per heavy atom. The lowest BCUT2D eigenvalue weighted by Gasteiger charge is -2.25. The maximum absolute atomic E-state index is 13.0. The third kappa shape index (κ3) is 4.13. The first kappa shape index (κ1) is 18.2. The van der Waals surface area contributed by atoms with Crippen molar-refractivity contribution in [3.05, 3.63) is 57.8 Å². The van der Waals surface area contributed by atoms with E-state index in [2.05, 4.69) is 55.3 Å². The molecular formula is C21H28N2OS. The molecule has 0 bridgehead atoms. The first-order valence-electron chi connectivity index (χ1n) is 9.27. The Kier molecular flexibility index (Phi) is 5.92. The predicted octanol–water partition coefficient (Wildman–Crippen LogP) is 4.96. The fraction of sp³-hybridized carbons (Fsp3) is 0.476. The Morgan fingerprint density at radius 2 is 2.04 bits per heavy atom. The van der Waals surface area contributed by atoms with Crippen LogP contribution in [0.5, 0.6) is 0 Å². The molecular weight excluding hydrogens is 328 g/mol. The first-order chi connectivity index (χ1) is 12.1. The van der Waals surface area contributed by atoms with Crippen molar-refractivity contribution >= 4 is 17.2 Å². The van der Waals surface area contributed by atoms with E-state index in [-0.39, 0.29) is 11.9 Å². The normalized spacial score (nSPS) is 17.6. The predicted molar refractivity (Wildman–Crippen MR) is 105 cm³/mol. The van der Waals surface area contributed by atoms with Crippen LogP contribution in [0.3, 0.4) is 0 Å². The highest BCUT2D eigenvalue weighted by Crippen LogP contribution is 2.35. The number of benzene rings is 1. The lowest BCUT2D eigenvalue weighted by molar-refractivity contribution is 0.0738. The van der Waals surface area contributed by atoms with Crippen LogP contribution in [-0.4, -0.2) is 34.8 Å². The summed E-state index contributed by atoms with van der Waals surface area (Å²) in [6, 6.07) is 13.2. The largest absolute Gasteiger partial charge is 0.331 e. The first-order valence-corrected chi connectivity index (χ1v) is 10.2. The maximum Gasteiger partial charge on any atom is 0.254 e. The number of amides is 1. The molecule has 0 radical (unpaired) electrons. The van der Waals surface area contributed by atoms with Gasteiger partial charge in [0.2, 0.25) is 0 Å². The van der Waals surface area contributed by atoms with E-state index in [1.165, 1.54) is 10.4 Å². The SMILES string of the molecule is CCN(Cc1ccc(C(=O)N2CCCC2c2cccs2)cc1)C(C)C. The number of likely N-dealkylation sites (tertiary alicyclic amines) is 1. The quantitative estimate of drug-likeness (QED) is 0.731. The summed E-state index contributed by atoms with van der Waals surface area (Å²) in [6.07, 6.45) is 2.16. The fourth-order valence-electron chi connectivity index (χ4n) is 3.60. The maximum atomic E-state index is 13.0. The van der Waals surface area contributed by atoms with Crippen LogP contribution in [0.25, 0.3) is 0 Å². The van der Waals surface area contributed by atoms with Gasteiger partial charge in [-0.15, -0.1) is 11.3 Å². The van der Waals surface area contributed by atoms with Crippen molar-refractivity contribution in [2.24, 2.45) is 0 Å². The average Bonchev–Trinajstić information content (AvgIpc) is 3.30. The third-order valence-electron chi connectivity index (χ3n) is 5.11. The molecule has 0 saturated carbocycles. The molecule has 3 rings (SSSR count). The van der Waals surface area contributed by atoms with Gasteiger partial charge in [-0.05, 0) is 62.4 Å². The van der Waals surface area contributed by atoms with Crippen LogP contribution in [0.15, 0.2) is 41.8 Å². The Bertz CT molecular complexity index is 678. The molecule has 0 spiro atoms. The second-order valence-corrected chi connectivity index (χ2v) is 8.01. The van der Waals surface area contributed by atoms with Crippen LogP contribution < -0.4 is 0 Å². The minimum absolute atomic E-state index is 0.165. The summed E-state index contributed by atoms with van der Waals surface area (Å²) in [4.78, 5) is 18.7. The minimum Gasteiger partial charge on any atom is -0.331 e. The number of carbonyl (C=O) groups is 1. The second-order valence-electron chi connectivity index (χ2n) is 7.03. The van der Waals surface area contributed by atoms with Crippen molar-refractivity contribution in [3.63, 3.8) is 0 Å². The van der Waals surface area contributed by atoms with Gasteiger partial charge in [-0.2, -0.15) is 0 Å². The number of rotatable bonds is 6. The molecule has 25 heavy (non-hydrogen) atoms. The molecule has 1 aromatic heterocycles. The fourth-order valence-corrected chi connectivity index (χ4v) is 4.47. The van der Waals surface area contributed by atoms with E-state index in [4.69, 9.17) is 0 Å². The summed E-state index contributed by atoms with van der Waals surface area (Å²) in [6.45, 7) is 9.47. The molecule has 3 nitrogen and oxygen atoms in total. The summed E-state index contributed by atoms with van der Waals surface area (Å²) in [7, 11) is 0. The van der Waals surface area contributed by atoms with Crippen LogP contribution in [0.2, 0.25) is 0 Å². The molecule has 1 aliphatic rings.